The van der Waals surface area contributed by atoms with Crippen LogP contribution in [0.2, 0.25) is 0 Å². The van der Waals surface area contributed by atoms with Crippen LogP contribution in [0, 0.1) is 24.7 Å². The number of carbonyl (C=O) groups excluding carboxylic acids is 2. The smallest absolute Gasteiger partial charge is 0.312 e. The van der Waals surface area contributed by atoms with Crippen molar-refractivity contribution in [2.75, 3.05) is 14.2 Å². The molecule has 1 heterocycles. The molecule has 0 aromatic heterocycles. The minimum Gasteiger partial charge on any atom is -0.493 e. The van der Waals surface area contributed by atoms with E-state index in [0.717, 1.165) is 12.8 Å². The Labute approximate surface area is 183 Å². The highest BCUT2D eigenvalue weighted by Crippen LogP contribution is 2.27. The third-order valence-corrected chi connectivity index (χ3v) is 4.07. The molecule has 0 spiro atoms. The van der Waals surface area contributed by atoms with E-state index in [1.165, 1.54) is 20.4 Å². The highest BCUT2D eigenvalue weighted by Gasteiger charge is 2.20. The summed E-state index contributed by atoms with van der Waals surface area (Å²) in [6.45, 7) is 3.70. The molecule has 2 unspecified atom stereocenters. The molecule has 2 aliphatic rings. The molecule has 1 aliphatic carbocycles. The molecule has 0 bridgehead atoms. The van der Waals surface area contributed by atoms with Crippen molar-refractivity contribution in [1.29, 1.82) is 0 Å². The van der Waals surface area contributed by atoms with Gasteiger partial charge in [-0.15, -0.1) is 19.4 Å². The zero-order chi connectivity index (χ0) is 23.6. The van der Waals surface area contributed by atoms with E-state index in [4.69, 9.17) is 14.6 Å². The average Bonchev–Trinajstić information content (AvgIpc) is 2.80. The fourth-order valence-electron chi connectivity index (χ4n) is 2.49. The van der Waals surface area contributed by atoms with Gasteiger partial charge in [0.2, 0.25) is 0 Å². The SMILES string of the molecule is C#C.C=CCC1C=C(OC)C(OC(=O)CCC(=O)OC)=CC1.O=C(O)C1C=NC=CC1. The molecule has 0 radical (unpaired) electrons. The van der Waals surface area contributed by atoms with Crippen LogP contribution in [0.5, 0.6) is 0 Å². The number of aliphatic imine (C=N–C) groups is 1. The van der Waals surface area contributed by atoms with E-state index in [0.29, 0.717) is 23.9 Å². The van der Waals surface area contributed by atoms with E-state index < -0.39 is 23.8 Å². The van der Waals surface area contributed by atoms with Crippen molar-refractivity contribution in [1.82, 2.24) is 0 Å². The molecule has 8 heteroatoms. The van der Waals surface area contributed by atoms with Gasteiger partial charge in [0.15, 0.2) is 11.5 Å². The Morgan fingerprint density at radius 2 is 1.87 bits per heavy atom. The maximum atomic E-state index is 11.6. The highest BCUT2D eigenvalue weighted by atomic mass is 16.6. The first kappa shape index (κ1) is 27.4. The molecule has 0 aromatic carbocycles. The molecule has 0 aromatic rings. The van der Waals surface area contributed by atoms with Crippen LogP contribution in [0.25, 0.3) is 0 Å². The molecule has 1 aliphatic heterocycles. The van der Waals surface area contributed by atoms with E-state index in [2.05, 4.69) is 29.2 Å². The topological polar surface area (TPSA) is 111 Å². The van der Waals surface area contributed by atoms with Gasteiger partial charge in [0.25, 0.3) is 0 Å². The Morgan fingerprint density at radius 3 is 2.35 bits per heavy atom. The van der Waals surface area contributed by atoms with Crippen molar-refractivity contribution in [3.05, 3.63) is 48.6 Å². The summed E-state index contributed by atoms with van der Waals surface area (Å²) in [5.74, 6) is -0.879. The van der Waals surface area contributed by atoms with E-state index in [1.54, 1.807) is 12.3 Å². The minimum atomic E-state index is -0.803. The van der Waals surface area contributed by atoms with Gasteiger partial charge in [-0.2, -0.15) is 0 Å². The molecule has 31 heavy (non-hydrogen) atoms. The summed E-state index contributed by atoms with van der Waals surface area (Å²) >= 11 is 0. The van der Waals surface area contributed by atoms with E-state index in [9.17, 15) is 14.4 Å². The molecular weight excluding hydrogens is 402 g/mol. The number of allylic oxidation sites excluding steroid dienone is 4. The van der Waals surface area contributed by atoms with Crippen molar-refractivity contribution in [3.63, 3.8) is 0 Å². The molecule has 0 saturated carbocycles. The minimum absolute atomic E-state index is 0.00767. The molecule has 168 valence electrons. The Hall–Kier alpha value is -3.60. The number of hydrogen-bond acceptors (Lipinski definition) is 7. The van der Waals surface area contributed by atoms with Crippen molar-refractivity contribution in [2.45, 2.75) is 32.1 Å². The lowest BCUT2D eigenvalue weighted by Crippen LogP contribution is -2.15. The lowest BCUT2D eigenvalue weighted by atomic mass is 9.96. The Kier molecular flexibility index (Phi) is 14.3. The molecule has 0 amide bonds. The quantitative estimate of drug-likeness (QED) is 0.356. The van der Waals surface area contributed by atoms with E-state index in [1.807, 2.05) is 18.2 Å². The number of methoxy groups -OCH3 is 2. The first-order valence-corrected chi connectivity index (χ1v) is 9.50. The number of aliphatic carboxylic acids is 1. The van der Waals surface area contributed by atoms with Crippen LogP contribution in [-0.2, 0) is 28.6 Å². The molecule has 2 atom stereocenters. The summed E-state index contributed by atoms with van der Waals surface area (Å²) in [5.41, 5.74) is 0. The standard InChI is InChI=1S/C15H20O5.C6H7NO2.C2H2/c1-4-5-11-6-7-12(13(10-11)18-2)20-15(17)9-8-14(16)19-3;8-6(9)5-2-1-3-7-4-5;1-2/h4,7,10-11H,1,5-6,8-9H2,2-3H3;1,3-5H,2H2,(H,8,9);1-2H. The van der Waals surface area contributed by atoms with Gasteiger partial charge in [-0.1, -0.05) is 12.2 Å². The number of carboxylic acid groups (broad SMARTS) is 1. The molecule has 1 N–H and O–H groups in total. The number of terminal acetylenes is 1. The van der Waals surface area contributed by atoms with E-state index in [-0.39, 0.29) is 12.8 Å². The number of rotatable bonds is 8. The van der Waals surface area contributed by atoms with Crippen molar-refractivity contribution in [2.24, 2.45) is 16.8 Å². The van der Waals surface area contributed by atoms with Gasteiger partial charge in [-0.25, -0.2) is 0 Å². The van der Waals surface area contributed by atoms with Crippen LogP contribution in [-0.4, -0.2) is 43.4 Å². The molecule has 2 rings (SSSR count). The lowest BCUT2D eigenvalue weighted by Gasteiger charge is -2.19. The summed E-state index contributed by atoms with van der Waals surface area (Å²) in [7, 11) is 2.81. The van der Waals surface area contributed by atoms with Gasteiger partial charge in [0, 0.05) is 12.4 Å². The molecule has 0 saturated heterocycles. The number of hydrogen-bond donors (Lipinski definition) is 1. The zero-order valence-corrected chi connectivity index (χ0v) is 17.9. The van der Waals surface area contributed by atoms with Crippen LogP contribution < -0.4 is 0 Å². The van der Waals surface area contributed by atoms with E-state index >= 15 is 0 Å². The second-order valence-electron chi connectivity index (χ2n) is 6.24. The van der Waals surface area contributed by atoms with Gasteiger partial charge in [0.05, 0.1) is 33.0 Å². The zero-order valence-electron chi connectivity index (χ0n) is 17.9. The summed E-state index contributed by atoms with van der Waals surface area (Å²) in [6.07, 6.45) is 20.6. The number of esters is 2. The fourth-order valence-corrected chi connectivity index (χ4v) is 2.49. The van der Waals surface area contributed by atoms with Crippen molar-refractivity contribution in [3.8, 4) is 12.8 Å². The Bertz CT molecular complexity index is 759. The van der Waals surface area contributed by atoms with Crippen LogP contribution in [0.3, 0.4) is 0 Å². The third-order valence-electron chi connectivity index (χ3n) is 4.07. The van der Waals surface area contributed by atoms with Crippen molar-refractivity contribution >= 4 is 24.1 Å². The second kappa shape index (κ2) is 16.2. The largest absolute Gasteiger partial charge is 0.493 e. The van der Waals surface area contributed by atoms with Gasteiger partial charge in [-0.3, -0.25) is 19.4 Å². The average molecular weight is 431 g/mol. The maximum Gasteiger partial charge on any atom is 0.312 e. The van der Waals surface area contributed by atoms with Crippen LogP contribution >= 0.6 is 0 Å². The second-order valence-corrected chi connectivity index (χ2v) is 6.24. The van der Waals surface area contributed by atoms with Gasteiger partial charge < -0.3 is 19.3 Å². The number of carboxylic acids is 1. The van der Waals surface area contributed by atoms with Crippen LogP contribution in [0.4, 0.5) is 0 Å². The molecule has 8 nitrogen and oxygen atoms in total. The fraction of sp³-hybridized carbons (Fsp3) is 0.391. The molecular formula is C23H29NO7. The summed E-state index contributed by atoms with van der Waals surface area (Å²) < 4.78 is 14.9. The normalized spacial score (nSPS) is 18.5. The maximum absolute atomic E-state index is 11.6. The first-order valence-electron chi connectivity index (χ1n) is 9.50. The predicted molar refractivity (Wildman–Crippen MR) is 117 cm³/mol. The van der Waals surface area contributed by atoms with Gasteiger partial charge in [-0.05, 0) is 37.3 Å². The monoisotopic (exact) mass is 431 g/mol. The third kappa shape index (κ3) is 11.2. The number of carbonyl (C=O) groups is 3. The first-order chi connectivity index (χ1) is 14.9. The van der Waals surface area contributed by atoms with Gasteiger partial charge >= 0.3 is 17.9 Å². The van der Waals surface area contributed by atoms with Gasteiger partial charge in [0.1, 0.15) is 0 Å². The summed E-state index contributed by atoms with van der Waals surface area (Å²) in [6, 6.07) is 0. The highest BCUT2D eigenvalue weighted by molar-refractivity contribution is 5.89. The molecule has 0 fully saturated rings. The summed E-state index contributed by atoms with van der Waals surface area (Å²) in [5, 5.41) is 8.41. The Balaban J connectivity index is 0.000000679. The summed E-state index contributed by atoms with van der Waals surface area (Å²) in [4.78, 5) is 36.5. The lowest BCUT2D eigenvalue weighted by molar-refractivity contribution is -0.146. The number of ether oxygens (including phenoxy) is 3. The van der Waals surface area contributed by atoms with Crippen LogP contribution in [0.1, 0.15) is 32.1 Å². The van der Waals surface area contributed by atoms with Crippen molar-refractivity contribution < 1.29 is 33.7 Å². The Morgan fingerprint density at radius 1 is 1.19 bits per heavy atom. The van der Waals surface area contributed by atoms with Crippen LogP contribution in [0.15, 0.2) is 53.6 Å². The predicted octanol–water partition coefficient (Wildman–Crippen LogP) is 3.42. The number of nitrogens with zero attached hydrogens (tertiary/aromatic N) is 1.